The molecule has 2 amide bonds. The van der Waals surface area contributed by atoms with Crippen molar-refractivity contribution in [1.29, 1.82) is 5.26 Å². The lowest BCUT2D eigenvalue weighted by atomic mass is 9.85. The summed E-state index contributed by atoms with van der Waals surface area (Å²) in [7, 11) is 1.78. The van der Waals surface area contributed by atoms with Gasteiger partial charge >= 0.3 is 0 Å². The highest BCUT2D eigenvalue weighted by molar-refractivity contribution is 5.95. The van der Waals surface area contributed by atoms with Gasteiger partial charge in [0.1, 0.15) is 17.3 Å². The van der Waals surface area contributed by atoms with Crippen LogP contribution in [-0.4, -0.2) is 40.8 Å². The maximum absolute atomic E-state index is 12.6. The summed E-state index contributed by atoms with van der Waals surface area (Å²) in [6.07, 6.45) is 2.24. The number of nitrogens with one attached hydrogen (secondary N) is 2. The molecule has 7 nitrogen and oxygen atoms in total. The van der Waals surface area contributed by atoms with Gasteiger partial charge in [-0.05, 0) is 55.5 Å². The van der Waals surface area contributed by atoms with Gasteiger partial charge in [0.15, 0.2) is 0 Å². The zero-order valence-electron chi connectivity index (χ0n) is 16.8. The Bertz CT molecular complexity index is 1030. The van der Waals surface area contributed by atoms with E-state index in [1.807, 2.05) is 24.3 Å². The van der Waals surface area contributed by atoms with Crippen LogP contribution in [0.4, 0.5) is 0 Å². The van der Waals surface area contributed by atoms with Gasteiger partial charge in [0, 0.05) is 24.7 Å². The van der Waals surface area contributed by atoms with E-state index in [-0.39, 0.29) is 35.2 Å². The van der Waals surface area contributed by atoms with Gasteiger partial charge < -0.3 is 15.2 Å². The van der Waals surface area contributed by atoms with Crippen molar-refractivity contribution >= 4 is 11.8 Å². The molecule has 3 rings (SSSR count). The molecule has 2 aromatic rings. The van der Waals surface area contributed by atoms with Crippen LogP contribution in [0.1, 0.15) is 57.3 Å². The van der Waals surface area contributed by atoms with E-state index in [0.29, 0.717) is 24.0 Å². The Balaban J connectivity index is 1.57. The predicted octanol–water partition coefficient (Wildman–Crippen LogP) is 2.15. The van der Waals surface area contributed by atoms with Crippen molar-refractivity contribution in [2.75, 3.05) is 7.05 Å². The fraction of sp³-hybridized carbons (Fsp3) is 0.364. The molecule has 1 aliphatic carbocycles. The standard InChI is InChI=1S/C22H24N4O3/c1-4-14-5-7-15(8-6-14)22(29)26(3)18-10-17(11-18)24-21(28)19-13(2)9-16(12-23)20(27)25-19/h5-9,17-18H,4,10-11H2,1-3H3,(H,24,28)(H,25,27). The molecule has 2 N–H and O–H groups in total. The first-order chi connectivity index (χ1) is 13.8. The number of aromatic nitrogens is 1. The van der Waals surface area contributed by atoms with Crippen molar-refractivity contribution < 1.29 is 9.59 Å². The van der Waals surface area contributed by atoms with E-state index in [0.717, 1.165) is 6.42 Å². The summed E-state index contributed by atoms with van der Waals surface area (Å²) in [6, 6.07) is 10.8. The van der Waals surface area contributed by atoms with Crippen LogP contribution in [0.15, 0.2) is 35.1 Å². The van der Waals surface area contributed by atoms with Crippen molar-refractivity contribution in [3.8, 4) is 6.07 Å². The normalized spacial score (nSPS) is 17.7. The number of pyridine rings is 1. The lowest BCUT2D eigenvalue weighted by molar-refractivity contribution is 0.0583. The number of nitriles is 1. The molecule has 0 spiro atoms. The maximum Gasteiger partial charge on any atom is 0.268 e. The number of aromatic amines is 1. The van der Waals surface area contributed by atoms with E-state index in [4.69, 9.17) is 5.26 Å². The third-order valence-corrected chi connectivity index (χ3v) is 5.51. The van der Waals surface area contributed by atoms with Crippen LogP contribution in [0.2, 0.25) is 0 Å². The summed E-state index contributed by atoms with van der Waals surface area (Å²) in [5.41, 5.74) is 1.95. The van der Waals surface area contributed by atoms with E-state index in [1.54, 1.807) is 24.9 Å². The number of nitrogens with zero attached hydrogens (tertiary/aromatic N) is 2. The van der Waals surface area contributed by atoms with Gasteiger partial charge in [-0.1, -0.05) is 19.1 Å². The van der Waals surface area contributed by atoms with Crippen LogP contribution >= 0.6 is 0 Å². The lowest BCUT2D eigenvalue weighted by Gasteiger charge is -2.41. The number of benzene rings is 1. The fourth-order valence-electron chi connectivity index (χ4n) is 3.48. The number of aryl methyl sites for hydroxylation is 2. The van der Waals surface area contributed by atoms with Crippen molar-refractivity contribution in [1.82, 2.24) is 15.2 Å². The second-order valence-electron chi connectivity index (χ2n) is 7.44. The van der Waals surface area contributed by atoms with Gasteiger partial charge in [0.2, 0.25) is 0 Å². The Morgan fingerprint density at radius 2 is 1.93 bits per heavy atom. The molecule has 0 aliphatic heterocycles. The smallest absolute Gasteiger partial charge is 0.268 e. The quantitative estimate of drug-likeness (QED) is 0.813. The first-order valence-corrected chi connectivity index (χ1v) is 9.65. The minimum absolute atomic E-state index is 0.0186. The highest BCUT2D eigenvalue weighted by atomic mass is 16.2. The monoisotopic (exact) mass is 392 g/mol. The number of hydrogen-bond donors (Lipinski definition) is 2. The first kappa shape index (κ1) is 20.3. The number of carbonyl (C=O) groups excluding carboxylic acids is 2. The van der Waals surface area contributed by atoms with E-state index in [9.17, 15) is 14.4 Å². The Morgan fingerprint density at radius 3 is 2.52 bits per heavy atom. The van der Waals surface area contributed by atoms with Crippen LogP contribution < -0.4 is 10.9 Å². The van der Waals surface area contributed by atoms with Crippen LogP contribution in [0.25, 0.3) is 0 Å². The molecule has 0 bridgehead atoms. The third kappa shape index (κ3) is 4.21. The van der Waals surface area contributed by atoms with Crippen molar-refractivity contribution in [3.05, 3.63) is 68.6 Å². The third-order valence-electron chi connectivity index (χ3n) is 5.51. The number of amides is 2. The average Bonchev–Trinajstić information content (AvgIpc) is 2.70. The van der Waals surface area contributed by atoms with E-state index < -0.39 is 5.56 Å². The van der Waals surface area contributed by atoms with Crippen LogP contribution in [0.3, 0.4) is 0 Å². The molecule has 1 aromatic carbocycles. The molecule has 1 aromatic heterocycles. The highest BCUT2D eigenvalue weighted by Crippen LogP contribution is 2.26. The summed E-state index contributed by atoms with van der Waals surface area (Å²) in [5, 5.41) is 11.8. The largest absolute Gasteiger partial charge is 0.348 e. The molecule has 1 fully saturated rings. The molecular formula is C22H24N4O3. The molecule has 1 saturated carbocycles. The van der Waals surface area contributed by atoms with E-state index in [1.165, 1.54) is 11.6 Å². The zero-order valence-corrected chi connectivity index (χ0v) is 16.8. The summed E-state index contributed by atoms with van der Waals surface area (Å²) in [4.78, 5) is 41.1. The molecule has 150 valence electrons. The lowest BCUT2D eigenvalue weighted by Crippen LogP contribution is -2.54. The molecule has 7 heteroatoms. The molecule has 0 saturated heterocycles. The fourth-order valence-corrected chi connectivity index (χ4v) is 3.48. The van der Waals surface area contributed by atoms with E-state index in [2.05, 4.69) is 17.2 Å². The Kier molecular flexibility index (Phi) is 5.83. The summed E-state index contributed by atoms with van der Waals surface area (Å²) < 4.78 is 0. The highest BCUT2D eigenvalue weighted by Gasteiger charge is 2.35. The molecule has 0 radical (unpaired) electrons. The molecule has 0 unspecified atom stereocenters. The van der Waals surface area contributed by atoms with Gasteiger partial charge in [-0.15, -0.1) is 0 Å². The van der Waals surface area contributed by atoms with E-state index >= 15 is 0 Å². The van der Waals surface area contributed by atoms with Crippen LogP contribution in [0.5, 0.6) is 0 Å². The van der Waals surface area contributed by atoms with Gasteiger partial charge in [-0.25, -0.2) is 0 Å². The molecule has 1 heterocycles. The van der Waals surface area contributed by atoms with Gasteiger partial charge in [-0.2, -0.15) is 5.26 Å². The Hall–Kier alpha value is -3.40. The second-order valence-corrected chi connectivity index (χ2v) is 7.44. The Morgan fingerprint density at radius 1 is 1.28 bits per heavy atom. The minimum Gasteiger partial charge on any atom is -0.348 e. The summed E-state index contributed by atoms with van der Waals surface area (Å²) in [5.74, 6) is -0.411. The number of rotatable bonds is 5. The maximum atomic E-state index is 12.6. The predicted molar refractivity (Wildman–Crippen MR) is 109 cm³/mol. The first-order valence-electron chi connectivity index (χ1n) is 9.65. The molecule has 0 atom stereocenters. The SMILES string of the molecule is CCc1ccc(C(=O)N(C)C2CC(NC(=O)c3[nH]c(=O)c(C#N)cc3C)C2)cc1. The van der Waals surface area contributed by atoms with Crippen LogP contribution in [-0.2, 0) is 6.42 Å². The van der Waals surface area contributed by atoms with Gasteiger partial charge in [0.05, 0.1) is 0 Å². The number of carbonyl (C=O) groups is 2. The van der Waals surface area contributed by atoms with Crippen molar-refractivity contribution in [2.45, 2.75) is 45.2 Å². The molecule has 29 heavy (non-hydrogen) atoms. The summed E-state index contributed by atoms with van der Waals surface area (Å²) in [6.45, 7) is 3.74. The topological polar surface area (TPSA) is 106 Å². The van der Waals surface area contributed by atoms with Crippen LogP contribution in [0, 0.1) is 18.3 Å². The van der Waals surface area contributed by atoms with Crippen molar-refractivity contribution in [2.24, 2.45) is 0 Å². The zero-order chi connectivity index (χ0) is 21.1. The Labute approximate surface area is 169 Å². The minimum atomic E-state index is -0.575. The second kappa shape index (κ2) is 8.31. The molecule has 1 aliphatic rings. The number of H-pyrrole nitrogens is 1. The van der Waals surface area contributed by atoms with Gasteiger partial charge in [0.25, 0.3) is 17.4 Å². The number of hydrogen-bond acceptors (Lipinski definition) is 4. The van der Waals surface area contributed by atoms with Crippen molar-refractivity contribution in [3.63, 3.8) is 0 Å². The summed E-state index contributed by atoms with van der Waals surface area (Å²) >= 11 is 0. The molecular weight excluding hydrogens is 368 g/mol. The van der Waals surface area contributed by atoms with Gasteiger partial charge in [-0.3, -0.25) is 14.4 Å². The average molecular weight is 392 g/mol.